The first-order valence-electron chi connectivity index (χ1n) is 10.1. The number of benzene rings is 3. The largest absolute Gasteiger partial charge is 0.489 e. The number of nitrogens with zero attached hydrogens (tertiary/aromatic N) is 1. The number of rotatable bonds is 9. The van der Waals surface area contributed by atoms with Crippen LogP contribution in [0.25, 0.3) is 0 Å². The molecule has 0 heterocycles. The molecule has 0 aliphatic rings. The van der Waals surface area contributed by atoms with Crippen molar-refractivity contribution in [2.75, 3.05) is 17.1 Å². The number of halogens is 2. The zero-order valence-corrected chi connectivity index (χ0v) is 19.8. The summed E-state index contributed by atoms with van der Waals surface area (Å²) >= 11 is 6.11. The smallest absolute Gasteiger partial charge is 0.241 e. The number of hydrogen-bond donors (Lipinski definition) is 1. The zero-order chi connectivity index (χ0) is 24.0. The van der Waals surface area contributed by atoms with Crippen molar-refractivity contribution in [3.63, 3.8) is 0 Å². The molecule has 33 heavy (non-hydrogen) atoms. The summed E-state index contributed by atoms with van der Waals surface area (Å²) < 4.78 is 44.1. The molecule has 0 saturated heterocycles. The first-order valence-corrected chi connectivity index (χ1v) is 12.3. The van der Waals surface area contributed by atoms with E-state index in [2.05, 4.69) is 5.32 Å². The van der Waals surface area contributed by atoms with Crippen LogP contribution in [0.5, 0.6) is 5.75 Å². The minimum absolute atomic E-state index is 0.226. The van der Waals surface area contributed by atoms with E-state index in [9.17, 15) is 17.6 Å². The van der Waals surface area contributed by atoms with Crippen molar-refractivity contribution < 1.29 is 22.3 Å². The van der Waals surface area contributed by atoms with Crippen molar-refractivity contribution in [1.82, 2.24) is 5.32 Å². The molecule has 0 unspecified atom stereocenters. The van der Waals surface area contributed by atoms with Gasteiger partial charge in [-0.25, -0.2) is 12.8 Å². The fraction of sp³-hybridized carbons (Fsp3) is 0.208. The van der Waals surface area contributed by atoms with E-state index in [1.54, 1.807) is 48.5 Å². The molecular weight excluding hydrogens is 467 g/mol. The van der Waals surface area contributed by atoms with E-state index >= 15 is 0 Å². The van der Waals surface area contributed by atoms with Crippen molar-refractivity contribution in [1.29, 1.82) is 0 Å². The van der Waals surface area contributed by atoms with E-state index in [4.69, 9.17) is 16.3 Å². The predicted molar refractivity (Wildman–Crippen MR) is 127 cm³/mol. The van der Waals surface area contributed by atoms with Gasteiger partial charge in [0.2, 0.25) is 15.9 Å². The highest BCUT2D eigenvalue weighted by molar-refractivity contribution is 7.92. The Hall–Kier alpha value is -3.10. The highest BCUT2D eigenvalue weighted by Gasteiger charge is 2.21. The van der Waals surface area contributed by atoms with Crippen molar-refractivity contribution in [3.8, 4) is 5.75 Å². The highest BCUT2D eigenvalue weighted by atomic mass is 35.5. The quantitative estimate of drug-likeness (QED) is 0.481. The second-order valence-electron chi connectivity index (χ2n) is 7.54. The standard InChI is InChI=1S/C24H24ClFN2O4S/c1-17-3-10-21(13-23(17)25)28(33(2,30)31)15-24(29)27-14-18-6-11-22(12-7-18)32-16-19-4-8-20(26)9-5-19/h3-13H,14-16H2,1-2H3,(H,27,29). The molecule has 0 spiro atoms. The number of carbonyl (C=O) groups excluding carboxylic acids is 1. The summed E-state index contributed by atoms with van der Waals surface area (Å²) in [7, 11) is -3.69. The number of hydrogen-bond acceptors (Lipinski definition) is 4. The normalized spacial score (nSPS) is 11.2. The Bertz CT molecular complexity index is 1220. The Morgan fingerprint density at radius 1 is 1.03 bits per heavy atom. The Kier molecular flexibility index (Phi) is 7.94. The third kappa shape index (κ3) is 7.20. The monoisotopic (exact) mass is 490 g/mol. The number of aryl methyl sites for hydroxylation is 1. The fourth-order valence-electron chi connectivity index (χ4n) is 2.97. The second-order valence-corrected chi connectivity index (χ2v) is 9.85. The lowest BCUT2D eigenvalue weighted by Crippen LogP contribution is -2.40. The number of nitrogens with one attached hydrogen (secondary N) is 1. The Morgan fingerprint density at radius 2 is 1.67 bits per heavy atom. The molecule has 0 aliphatic heterocycles. The molecule has 0 aliphatic carbocycles. The van der Waals surface area contributed by atoms with E-state index in [1.165, 1.54) is 18.2 Å². The van der Waals surface area contributed by atoms with Crippen LogP contribution in [0.2, 0.25) is 5.02 Å². The molecule has 3 rings (SSSR count). The summed E-state index contributed by atoms with van der Waals surface area (Å²) in [6.07, 6.45) is 1.04. The second kappa shape index (κ2) is 10.7. The van der Waals surface area contributed by atoms with E-state index in [1.807, 2.05) is 6.92 Å². The van der Waals surface area contributed by atoms with Gasteiger partial charge in [0.25, 0.3) is 0 Å². The summed E-state index contributed by atoms with van der Waals surface area (Å²) in [6, 6.07) is 18.0. The average molecular weight is 491 g/mol. The summed E-state index contributed by atoms with van der Waals surface area (Å²) in [5.41, 5.74) is 2.80. The maximum atomic E-state index is 13.0. The number of amides is 1. The van der Waals surface area contributed by atoms with E-state index in [0.717, 1.165) is 27.3 Å². The van der Waals surface area contributed by atoms with Gasteiger partial charge in [0.15, 0.2) is 0 Å². The lowest BCUT2D eigenvalue weighted by molar-refractivity contribution is -0.119. The fourth-order valence-corrected chi connectivity index (χ4v) is 4.00. The van der Waals surface area contributed by atoms with Crippen molar-refractivity contribution in [2.24, 2.45) is 0 Å². The van der Waals surface area contributed by atoms with Gasteiger partial charge in [-0.3, -0.25) is 9.10 Å². The summed E-state index contributed by atoms with van der Waals surface area (Å²) in [4.78, 5) is 12.4. The maximum absolute atomic E-state index is 13.0. The van der Waals surface area contributed by atoms with Gasteiger partial charge in [-0.2, -0.15) is 0 Å². The molecule has 3 aromatic carbocycles. The molecule has 6 nitrogen and oxygen atoms in total. The van der Waals surface area contributed by atoms with Crippen molar-refractivity contribution in [2.45, 2.75) is 20.1 Å². The molecule has 174 valence electrons. The Balaban J connectivity index is 1.55. The van der Waals surface area contributed by atoms with Gasteiger partial charge in [-0.1, -0.05) is 41.9 Å². The van der Waals surface area contributed by atoms with Crippen LogP contribution >= 0.6 is 11.6 Å². The Labute approximate surface area is 198 Å². The number of ether oxygens (including phenoxy) is 1. The van der Waals surface area contributed by atoms with Crippen molar-refractivity contribution >= 4 is 33.2 Å². The summed E-state index contributed by atoms with van der Waals surface area (Å²) in [6.45, 7) is 1.98. The molecule has 9 heteroatoms. The van der Waals surface area contributed by atoms with Crippen LogP contribution in [0.15, 0.2) is 66.7 Å². The minimum atomic E-state index is -3.69. The SMILES string of the molecule is Cc1ccc(N(CC(=O)NCc2ccc(OCc3ccc(F)cc3)cc2)S(C)(=O)=O)cc1Cl. The van der Waals surface area contributed by atoms with Crippen LogP contribution in [-0.4, -0.2) is 27.1 Å². The number of anilines is 1. The van der Waals surface area contributed by atoms with Gasteiger partial charge >= 0.3 is 0 Å². The molecule has 0 radical (unpaired) electrons. The van der Waals surface area contributed by atoms with Crippen LogP contribution < -0.4 is 14.4 Å². The van der Waals surface area contributed by atoms with Gasteiger partial charge < -0.3 is 10.1 Å². The van der Waals surface area contributed by atoms with Crippen LogP contribution in [0.3, 0.4) is 0 Å². The first-order chi connectivity index (χ1) is 15.6. The van der Waals surface area contributed by atoms with Crippen molar-refractivity contribution in [3.05, 3.63) is 94.3 Å². The molecule has 1 N–H and O–H groups in total. The summed E-state index contributed by atoms with van der Waals surface area (Å²) in [5.74, 6) is -0.116. The topological polar surface area (TPSA) is 75.7 Å². The van der Waals surface area contributed by atoms with E-state index in [-0.39, 0.29) is 18.9 Å². The lowest BCUT2D eigenvalue weighted by atomic mass is 10.2. The molecule has 0 fully saturated rings. The van der Waals surface area contributed by atoms with Gasteiger partial charge in [0, 0.05) is 11.6 Å². The van der Waals surface area contributed by atoms with Crippen LogP contribution in [0.1, 0.15) is 16.7 Å². The van der Waals surface area contributed by atoms with Crippen LogP contribution in [0.4, 0.5) is 10.1 Å². The molecule has 0 atom stereocenters. The van der Waals surface area contributed by atoms with Crippen LogP contribution in [0, 0.1) is 12.7 Å². The summed E-state index contributed by atoms with van der Waals surface area (Å²) in [5, 5.41) is 3.15. The number of sulfonamides is 1. The zero-order valence-electron chi connectivity index (χ0n) is 18.2. The molecule has 3 aromatic rings. The lowest BCUT2D eigenvalue weighted by Gasteiger charge is -2.22. The van der Waals surface area contributed by atoms with E-state index in [0.29, 0.717) is 23.1 Å². The average Bonchev–Trinajstić information content (AvgIpc) is 2.77. The highest BCUT2D eigenvalue weighted by Crippen LogP contribution is 2.24. The number of carbonyl (C=O) groups is 1. The third-order valence-electron chi connectivity index (χ3n) is 4.86. The van der Waals surface area contributed by atoms with E-state index < -0.39 is 15.9 Å². The minimum Gasteiger partial charge on any atom is -0.489 e. The predicted octanol–water partition coefficient (Wildman–Crippen LogP) is 4.45. The maximum Gasteiger partial charge on any atom is 0.241 e. The van der Waals surface area contributed by atoms with Crippen LogP contribution in [-0.2, 0) is 28.0 Å². The third-order valence-corrected chi connectivity index (χ3v) is 6.41. The van der Waals surface area contributed by atoms with Gasteiger partial charge in [0.05, 0.1) is 11.9 Å². The molecule has 0 saturated carbocycles. The molecular formula is C24H24ClFN2O4S. The van der Waals surface area contributed by atoms with Gasteiger partial charge in [-0.05, 0) is 60.0 Å². The molecule has 0 aromatic heterocycles. The van der Waals surface area contributed by atoms with Gasteiger partial charge in [0.1, 0.15) is 24.7 Å². The first kappa shape index (κ1) is 24.5. The molecule has 1 amide bonds. The molecule has 0 bridgehead atoms. The van der Waals surface area contributed by atoms with Gasteiger partial charge in [-0.15, -0.1) is 0 Å². The Morgan fingerprint density at radius 3 is 2.27 bits per heavy atom.